The van der Waals surface area contributed by atoms with Crippen LogP contribution < -0.4 is 0 Å². The molecule has 1 saturated carbocycles. The van der Waals surface area contributed by atoms with E-state index in [-0.39, 0.29) is 6.10 Å². The summed E-state index contributed by atoms with van der Waals surface area (Å²) in [5.74, 6) is 0.898. The van der Waals surface area contributed by atoms with Crippen LogP contribution in [0.25, 0.3) is 32.9 Å². The van der Waals surface area contributed by atoms with Crippen LogP contribution >= 0.6 is 11.3 Å². The van der Waals surface area contributed by atoms with E-state index in [9.17, 15) is 4.79 Å². The number of hydrogen-bond acceptors (Lipinski definition) is 7. The van der Waals surface area contributed by atoms with Gasteiger partial charge in [0.25, 0.3) is 0 Å². The van der Waals surface area contributed by atoms with Gasteiger partial charge in [0.1, 0.15) is 0 Å². The number of aromatic nitrogens is 3. The molecule has 8 heteroatoms. The van der Waals surface area contributed by atoms with E-state index in [0.29, 0.717) is 12.5 Å². The summed E-state index contributed by atoms with van der Waals surface area (Å²) >= 11 is 1.60. The molecule has 43 heavy (non-hydrogen) atoms. The highest BCUT2D eigenvalue weighted by Crippen LogP contribution is 2.43. The van der Waals surface area contributed by atoms with Gasteiger partial charge in [-0.3, -0.25) is 9.69 Å². The van der Waals surface area contributed by atoms with Gasteiger partial charge in [-0.15, -0.1) is 11.3 Å². The number of rotatable bonds is 7. The third-order valence-electron chi connectivity index (χ3n) is 9.40. The van der Waals surface area contributed by atoms with Gasteiger partial charge in [-0.1, -0.05) is 49.6 Å². The fourth-order valence-corrected chi connectivity index (χ4v) is 8.10. The van der Waals surface area contributed by atoms with Crippen molar-refractivity contribution in [1.29, 1.82) is 0 Å². The molecule has 1 atom stereocenters. The molecule has 0 bridgehead atoms. The highest BCUT2D eigenvalue weighted by molar-refractivity contribution is 7.17. The van der Waals surface area contributed by atoms with Crippen LogP contribution in [0.1, 0.15) is 68.1 Å². The van der Waals surface area contributed by atoms with E-state index in [4.69, 9.17) is 9.47 Å². The molecule has 0 spiro atoms. The Morgan fingerprint density at radius 1 is 1.09 bits per heavy atom. The van der Waals surface area contributed by atoms with Crippen LogP contribution in [-0.2, 0) is 9.47 Å². The van der Waals surface area contributed by atoms with Crippen molar-refractivity contribution in [3.63, 3.8) is 0 Å². The van der Waals surface area contributed by atoms with Gasteiger partial charge >= 0.3 is 0 Å². The molecule has 3 aliphatic rings. The molecule has 7 nitrogen and oxygen atoms in total. The minimum Gasteiger partial charge on any atom is -0.348 e. The lowest BCUT2D eigenvalue weighted by Crippen LogP contribution is -2.39. The number of hydrogen-bond donors (Lipinski definition) is 0. The monoisotopic (exact) mass is 596 g/mol. The highest BCUT2D eigenvalue weighted by atomic mass is 32.1. The fourth-order valence-electron chi connectivity index (χ4n) is 7.09. The molecule has 5 heterocycles. The van der Waals surface area contributed by atoms with Crippen LogP contribution in [0.15, 0.2) is 60.4 Å². The number of fused-ring (bicyclic) bond motifs is 1. The molecule has 1 saturated heterocycles. The number of thiophene rings is 1. The normalized spacial score (nSPS) is 24.6. The van der Waals surface area contributed by atoms with Gasteiger partial charge in [0.15, 0.2) is 17.7 Å². The van der Waals surface area contributed by atoms with Gasteiger partial charge in [-0.2, -0.15) is 5.10 Å². The van der Waals surface area contributed by atoms with Crippen LogP contribution in [0.5, 0.6) is 0 Å². The molecule has 2 fully saturated rings. The summed E-state index contributed by atoms with van der Waals surface area (Å²) in [7, 11) is 0. The Labute approximate surface area is 257 Å². The highest BCUT2D eigenvalue weighted by Gasteiger charge is 2.36. The molecule has 1 unspecified atom stereocenters. The Morgan fingerprint density at radius 2 is 1.88 bits per heavy atom. The predicted molar refractivity (Wildman–Crippen MR) is 171 cm³/mol. The largest absolute Gasteiger partial charge is 0.348 e. The summed E-state index contributed by atoms with van der Waals surface area (Å²) in [6.45, 7) is 9.70. The van der Waals surface area contributed by atoms with Crippen LogP contribution in [0, 0.1) is 11.8 Å². The molecule has 4 aromatic rings. The van der Waals surface area contributed by atoms with Gasteiger partial charge in [0, 0.05) is 54.1 Å². The van der Waals surface area contributed by atoms with E-state index in [1.54, 1.807) is 27.6 Å². The third-order valence-corrected chi connectivity index (χ3v) is 10.5. The first-order chi connectivity index (χ1) is 20.8. The lowest BCUT2D eigenvalue weighted by atomic mass is 9.75. The summed E-state index contributed by atoms with van der Waals surface area (Å²) in [6, 6.07) is 14.6. The van der Waals surface area contributed by atoms with Crippen molar-refractivity contribution in [2.24, 2.45) is 11.8 Å². The van der Waals surface area contributed by atoms with Crippen LogP contribution in [-0.4, -0.2) is 63.9 Å². The lowest BCUT2D eigenvalue weighted by molar-refractivity contribution is -0.140. The van der Waals surface area contributed by atoms with Gasteiger partial charge in [-0.05, 0) is 68.2 Å². The van der Waals surface area contributed by atoms with E-state index < -0.39 is 5.79 Å². The minimum absolute atomic E-state index is 0.0686. The van der Waals surface area contributed by atoms with E-state index in [2.05, 4.69) is 52.2 Å². The zero-order valence-electron chi connectivity index (χ0n) is 25.3. The van der Waals surface area contributed by atoms with Crippen molar-refractivity contribution in [2.75, 3.05) is 26.2 Å². The zero-order chi connectivity index (χ0) is 29.6. The number of ether oxygens (including phenoxy) is 2. The Morgan fingerprint density at radius 3 is 2.60 bits per heavy atom. The van der Waals surface area contributed by atoms with Crippen molar-refractivity contribution in [3.05, 3.63) is 70.9 Å². The topological polar surface area (TPSA) is 69.0 Å². The van der Waals surface area contributed by atoms with Crippen molar-refractivity contribution in [3.8, 4) is 21.7 Å². The molecular formula is C35H40N4O3S. The summed E-state index contributed by atoms with van der Waals surface area (Å²) in [4.78, 5) is 21.4. The molecule has 1 aliphatic carbocycles. The maximum absolute atomic E-state index is 12.5. The average molecular weight is 597 g/mol. The average Bonchev–Trinajstić information content (AvgIpc) is 3.74. The van der Waals surface area contributed by atoms with Gasteiger partial charge in [-0.25, -0.2) is 9.50 Å². The van der Waals surface area contributed by atoms with Crippen LogP contribution in [0.4, 0.5) is 0 Å². The second kappa shape index (κ2) is 11.7. The van der Waals surface area contributed by atoms with Gasteiger partial charge in [0.05, 0.1) is 23.3 Å². The Balaban J connectivity index is 1.19. The second-order valence-corrected chi connectivity index (χ2v) is 14.0. The standard InChI is InChI=1S/C35H40N4O3S/c1-23-5-7-24(8-6-23)28-13-16-38(19-27-22-41-35(2,3)42-27)20-30(28)29-17-32(43-33(29)21-40)26-11-9-25(10-12-26)31-18-34-36-14-4-15-39(34)37-31/h4,9-12,14-15,17-18,21,23-24,27H,5-8,13,16,19-20,22H2,1-3H3. The molecule has 1 aromatic carbocycles. The summed E-state index contributed by atoms with van der Waals surface area (Å²) < 4.78 is 13.8. The second-order valence-electron chi connectivity index (χ2n) is 12.9. The maximum Gasteiger partial charge on any atom is 0.163 e. The number of benzene rings is 1. The molecule has 224 valence electrons. The minimum atomic E-state index is -0.520. The van der Waals surface area contributed by atoms with Crippen molar-refractivity contribution in [1.82, 2.24) is 19.5 Å². The summed E-state index contributed by atoms with van der Waals surface area (Å²) in [6.07, 6.45) is 11.0. The smallest absolute Gasteiger partial charge is 0.163 e. The molecule has 7 rings (SSSR count). The predicted octanol–water partition coefficient (Wildman–Crippen LogP) is 7.37. The van der Waals surface area contributed by atoms with E-state index in [1.807, 2.05) is 32.2 Å². The molecule has 3 aromatic heterocycles. The number of carbonyl (C=O) groups excluding carboxylic acids is 1. The SMILES string of the molecule is CC1CCC(C2=C(c3cc(-c4ccc(-c5cc6ncccn6n5)cc4)sc3C=O)CN(CC3COC(C)(C)O3)CC2)CC1. The lowest BCUT2D eigenvalue weighted by Gasteiger charge is -2.37. The van der Waals surface area contributed by atoms with Crippen molar-refractivity contribution < 1.29 is 14.3 Å². The van der Waals surface area contributed by atoms with Gasteiger partial charge < -0.3 is 9.47 Å². The van der Waals surface area contributed by atoms with Crippen LogP contribution in [0.2, 0.25) is 0 Å². The third kappa shape index (κ3) is 5.98. The molecule has 0 N–H and O–H groups in total. The molecule has 0 amide bonds. The van der Waals surface area contributed by atoms with E-state index >= 15 is 0 Å². The van der Waals surface area contributed by atoms with E-state index in [1.165, 1.54) is 31.3 Å². The van der Waals surface area contributed by atoms with Crippen molar-refractivity contribution >= 4 is 28.8 Å². The fraction of sp³-hybridized carbons (Fsp3) is 0.457. The first kappa shape index (κ1) is 28.6. The Kier molecular flexibility index (Phi) is 7.80. The Hall–Kier alpha value is -3.17. The quantitative estimate of drug-likeness (QED) is 0.208. The van der Waals surface area contributed by atoms with Gasteiger partial charge in [0.2, 0.25) is 0 Å². The number of aldehydes is 1. The summed E-state index contributed by atoms with van der Waals surface area (Å²) in [5.41, 5.74) is 7.94. The molecule has 2 aliphatic heterocycles. The maximum atomic E-state index is 12.5. The van der Waals surface area contributed by atoms with Crippen LogP contribution in [0.3, 0.4) is 0 Å². The Bertz CT molecular complexity index is 1610. The number of carbonyl (C=O) groups is 1. The first-order valence-corrected chi connectivity index (χ1v) is 16.4. The molecular weight excluding hydrogens is 556 g/mol. The van der Waals surface area contributed by atoms with E-state index in [0.717, 1.165) is 76.0 Å². The molecule has 0 radical (unpaired) electrons. The zero-order valence-corrected chi connectivity index (χ0v) is 26.1. The first-order valence-electron chi connectivity index (χ1n) is 15.6. The number of nitrogens with zero attached hydrogens (tertiary/aromatic N) is 4. The van der Waals surface area contributed by atoms with Crippen molar-refractivity contribution in [2.45, 2.75) is 64.8 Å². The summed E-state index contributed by atoms with van der Waals surface area (Å²) in [5, 5.41) is 4.67.